The number of ether oxygens (including phenoxy) is 2. The third-order valence-corrected chi connectivity index (χ3v) is 8.27. The molecule has 0 spiro atoms. The molecule has 198 valence electrons. The molecule has 1 N–H and O–H groups in total. The Hall–Kier alpha value is -2.84. The number of aromatic nitrogens is 3. The molecule has 9 nitrogen and oxygen atoms in total. The summed E-state index contributed by atoms with van der Waals surface area (Å²) < 4.78 is 36.6. The molecule has 0 atom stereocenters. The van der Waals surface area contributed by atoms with Crippen LogP contribution in [0.2, 0.25) is 5.28 Å². The van der Waals surface area contributed by atoms with E-state index in [4.69, 9.17) is 30.1 Å². The second-order valence-corrected chi connectivity index (χ2v) is 10.8. The highest BCUT2D eigenvalue weighted by Crippen LogP contribution is 2.48. The summed E-state index contributed by atoms with van der Waals surface area (Å²) in [5, 5.41) is 4.46. The van der Waals surface area contributed by atoms with Crippen LogP contribution in [0.1, 0.15) is 25.8 Å². The number of methoxy groups -OCH3 is 2. The molecule has 0 bridgehead atoms. The Kier molecular flexibility index (Phi) is 8.92. The topological polar surface area (TPSA) is 96.7 Å². The van der Waals surface area contributed by atoms with Crippen molar-refractivity contribution in [3.05, 3.63) is 53.3 Å². The first-order chi connectivity index (χ1) is 17.9. The lowest BCUT2D eigenvalue weighted by Crippen LogP contribution is -2.10. The van der Waals surface area contributed by atoms with Gasteiger partial charge in [0.25, 0.3) is 0 Å². The third-order valence-electron chi connectivity index (χ3n) is 5.93. The lowest BCUT2D eigenvalue weighted by molar-refractivity contribution is 0.220. The second-order valence-electron chi connectivity index (χ2n) is 8.31. The molecule has 2 heterocycles. The molecule has 0 radical (unpaired) electrons. The molecule has 0 fully saturated rings. The van der Waals surface area contributed by atoms with E-state index < -0.39 is 7.60 Å². The van der Waals surface area contributed by atoms with Crippen LogP contribution in [0.5, 0.6) is 11.5 Å². The van der Waals surface area contributed by atoms with E-state index in [9.17, 15) is 4.57 Å². The maximum atomic E-state index is 12.8. The first-order valence-electron chi connectivity index (χ1n) is 12.2. The number of fused-ring (bicyclic) bond motifs is 3. The van der Waals surface area contributed by atoms with Crippen LogP contribution < -0.4 is 14.8 Å². The van der Waals surface area contributed by atoms with Crippen LogP contribution in [-0.2, 0) is 20.2 Å². The number of nitrogens with one attached hydrogen (secondary N) is 1. The maximum absolute atomic E-state index is 12.8. The smallest absolute Gasteiger partial charge is 0.330 e. The van der Waals surface area contributed by atoms with Gasteiger partial charge in [0, 0.05) is 24.5 Å². The normalized spacial score (nSPS) is 11.8. The van der Waals surface area contributed by atoms with Crippen LogP contribution in [0.4, 0.5) is 5.82 Å². The zero-order chi connectivity index (χ0) is 26.4. The Morgan fingerprint density at radius 2 is 1.65 bits per heavy atom. The Labute approximate surface area is 221 Å². The van der Waals surface area contributed by atoms with E-state index in [0.29, 0.717) is 44.7 Å². The zero-order valence-corrected chi connectivity index (χ0v) is 23.1. The van der Waals surface area contributed by atoms with E-state index in [0.717, 1.165) is 39.0 Å². The summed E-state index contributed by atoms with van der Waals surface area (Å²) >= 11 is 6.36. The molecule has 0 aliphatic heterocycles. The number of hydrogen-bond donors (Lipinski definition) is 1. The molecule has 0 saturated carbocycles. The van der Waals surface area contributed by atoms with E-state index in [1.54, 1.807) is 28.1 Å². The van der Waals surface area contributed by atoms with Crippen LogP contribution in [-0.4, -0.2) is 54.7 Å². The molecule has 0 amide bonds. The molecule has 0 unspecified atom stereocenters. The minimum Gasteiger partial charge on any atom is -0.497 e. The highest BCUT2D eigenvalue weighted by molar-refractivity contribution is 7.53. The predicted molar refractivity (Wildman–Crippen MR) is 148 cm³/mol. The van der Waals surface area contributed by atoms with Crippen molar-refractivity contribution in [2.24, 2.45) is 0 Å². The Bertz CT molecular complexity index is 1400. The maximum Gasteiger partial charge on any atom is 0.330 e. The summed E-state index contributed by atoms with van der Waals surface area (Å²) in [4.78, 5) is 9.09. The first-order valence-corrected chi connectivity index (χ1v) is 14.3. The van der Waals surface area contributed by atoms with Gasteiger partial charge in [-0.2, -0.15) is 4.98 Å². The first kappa shape index (κ1) is 27.2. The standard InChI is InChI=1S/C26H32ClN4O5P/c1-5-35-37(32,36-6-2)15-7-14-28-25-24-23(29-26(27)30-25)21-13-12-20(34-4)16-22(21)31(24)17-18-8-10-19(33-3)11-9-18/h8-13,16H,5-7,14-15,17H2,1-4H3,(H,28,29,30). The van der Waals surface area contributed by atoms with Crippen LogP contribution in [0.3, 0.4) is 0 Å². The van der Waals surface area contributed by atoms with Crippen molar-refractivity contribution in [2.45, 2.75) is 26.8 Å². The van der Waals surface area contributed by atoms with Crippen molar-refractivity contribution >= 4 is 47.0 Å². The van der Waals surface area contributed by atoms with Crippen molar-refractivity contribution in [1.29, 1.82) is 0 Å². The largest absolute Gasteiger partial charge is 0.497 e. The van der Waals surface area contributed by atoms with Gasteiger partial charge < -0.3 is 28.4 Å². The molecular formula is C26H32ClN4O5P. The summed E-state index contributed by atoms with van der Waals surface area (Å²) in [6.45, 7) is 5.35. The highest BCUT2D eigenvalue weighted by atomic mass is 35.5. The summed E-state index contributed by atoms with van der Waals surface area (Å²) in [5.74, 6) is 2.13. The van der Waals surface area contributed by atoms with Crippen molar-refractivity contribution < 1.29 is 23.1 Å². The van der Waals surface area contributed by atoms with Crippen molar-refractivity contribution in [3.63, 3.8) is 0 Å². The van der Waals surface area contributed by atoms with Gasteiger partial charge in [-0.3, -0.25) is 4.57 Å². The third kappa shape index (κ3) is 6.18. The number of rotatable bonds is 13. The van der Waals surface area contributed by atoms with Gasteiger partial charge in [-0.1, -0.05) is 12.1 Å². The van der Waals surface area contributed by atoms with Gasteiger partial charge in [0.2, 0.25) is 5.28 Å². The van der Waals surface area contributed by atoms with Crippen LogP contribution in [0.25, 0.3) is 21.9 Å². The molecule has 37 heavy (non-hydrogen) atoms. The van der Waals surface area contributed by atoms with Crippen LogP contribution in [0.15, 0.2) is 42.5 Å². The van der Waals surface area contributed by atoms with Crippen LogP contribution >= 0.6 is 19.2 Å². The number of halogens is 1. The molecule has 2 aromatic carbocycles. The summed E-state index contributed by atoms with van der Waals surface area (Å²) in [5.41, 5.74) is 3.59. The van der Waals surface area contributed by atoms with Gasteiger partial charge in [0.1, 0.15) is 22.5 Å². The van der Waals surface area contributed by atoms with Gasteiger partial charge in [-0.25, -0.2) is 4.98 Å². The quantitative estimate of drug-likeness (QED) is 0.117. The fraction of sp³-hybridized carbons (Fsp3) is 0.385. The SMILES string of the molecule is CCOP(=O)(CCCNc1nc(Cl)nc2c3ccc(OC)cc3n(Cc3ccc(OC)cc3)c12)OCC. The Balaban J connectivity index is 1.72. The lowest BCUT2D eigenvalue weighted by atomic mass is 10.2. The molecule has 11 heteroatoms. The van der Waals surface area contributed by atoms with Crippen LogP contribution in [0, 0.1) is 0 Å². The molecular weight excluding hydrogens is 515 g/mol. The fourth-order valence-corrected chi connectivity index (χ4v) is 6.13. The molecule has 0 aliphatic carbocycles. The average molecular weight is 547 g/mol. The fourth-order valence-electron chi connectivity index (χ4n) is 4.29. The van der Waals surface area contributed by atoms with E-state index in [1.807, 2.05) is 42.5 Å². The summed E-state index contributed by atoms with van der Waals surface area (Å²) in [6, 6.07) is 13.8. The molecule has 0 aliphatic rings. The summed E-state index contributed by atoms with van der Waals surface area (Å²) in [6.07, 6.45) is 0.864. The Morgan fingerprint density at radius 1 is 0.973 bits per heavy atom. The van der Waals surface area contributed by atoms with E-state index in [1.165, 1.54) is 0 Å². The van der Waals surface area contributed by atoms with Gasteiger partial charge in [0.15, 0.2) is 5.82 Å². The van der Waals surface area contributed by atoms with Gasteiger partial charge >= 0.3 is 7.60 Å². The second kappa shape index (κ2) is 12.1. The molecule has 4 aromatic rings. The van der Waals surface area contributed by atoms with Crippen molar-refractivity contribution in [1.82, 2.24) is 14.5 Å². The van der Waals surface area contributed by atoms with Gasteiger partial charge in [-0.15, -0.1) is 0 Å². The number of hydrogen-bond acceptors (Lipinski definition) is 8. The summed E-state index contributed by atoms with van der Waals surface area (Å²) in [7, 11) is 0.170. The number of benzene rings is 2. The molecule has 0 saturated heterocycles. The van der Waals surface area contributed by atoms with Gasteiger partial charge in [-0.05, 0) is 61.7 Å². The number of anilines is 1. The van der Waals surface area contributed by atoms with Crippen molar-refractivity contribution in [2.75, 3.05) is 45.5 Å². The average Bonchev–Trinajstić information content (AvgIpc) is 3.19. The Morgan fingerprint density at radius 3 is 2.30 bits per heavy atom. The van der Waals surface area contributed by atoms with E-state index in [-0.39, 0.29) is 5.28 Å². The minimum absolute atomic E-state index is 0.142. The molecule has 2 aromatic heterocycles. The minimum atomic E-state index is -3.12. The monoisotopic (exact) mass is 546 g/mol. The van der Waals surface area contributed by atoms with Crippen molar-refractivity contribution in [3.8, 4) is 11.5 Å². The molecule has 4 rings (SSSR count). The van der Waals surface area contributed by atoms with E-state index >= 15 is 0 Å². The zero-order valence-electron chi connectivity index (χ0n) is 21.5. The lowest BCUT2D eigenvalue weighted by Gasteiger charge is -2.17. The highest BCUT2D eigenvalue weighted by Gasteiger charge is 2.23. The van der Waals surface area contributed by atoms with E-state index in [2.05, 4.69) is 19.9 Å². The van der Waals surface area contributed by atoms with Gasteiger partial charge in [0.05, 0.1) is 39.1 Å². The predicted octanol–water partition coefficient (Wildman–Crippen LogP) is 6.37. The number of nitrogens with zero attached hydrogens (tertiary/aromatic N) is 3.